The molecule has 43 heavy (non-hydrogen) atoms. The summed E-state index contributed by atoms with van der Waals surface area (Å²) in [6.45, 7) is 8.98. The van der Waals surface area contributed by atoms with Crippen LogP contribution in [-0.2, 0) is 10.9 Å². The van der Waals surface area contributed by atoms with Gasteiger partial charge in [-0.05, 0) is 52.1 Å². The van der Waals surface area contributed by atoms with Crippen molar-refractivity contribution >= 4 is 23.1 Å². The van der Waals surface area contributed by atoms with Crippen LogP contribution in [0.1, 0.15) is 36.7 Å². The quantitative estimate of drug-likeness (QED) is 0.413. The lowest BCUT2D eigenvalue weighted by Gasteiger charge is -2.39. The Morgan fingerprint density at radius 1 is 1.05 bits per heavy atom. The highest BCUT2D eigenvalue weighted by molar-refractivity contribution is 6.07. The maximum atomic E-state index is 15.7. The summed E-state index contributed by atoms with van der Waals surface area (Å²) in [6, 6.07) is 6.66. The van der Waals surface area contributed by atoms with Crippen molar-refractivity contribution < 1.29 is 27.1 Å². The number of benzene rings is 1. The van der Waals surface area contributed by atoms with Gasteiger partial charge in [0, 0.05) is 68.4 Å². The van der Waals surface area contributed by atoms with Crippen LogP contribution >= 0.6 is 0 Å². The van der Waals surface area contributed by atoms with E-state index in [-0.39, 0.29) is 29.5 Å². The van der Waals surface area contributed by atoms with Crippen molar-refractivity contribution in [2.75, 3.05) is 54.9 Å². The van der Waals surface area contributed by atoms with Gasteiger partial charge in [0.15, 0.2) is 0 Å². The molecule has 3 aromatic rings. The minimum Gasteiger partial charge on any atom is -0.372 e. The number of nitrogens with one attached hydrogen (secondary N) is 2. The molecule has 2 fully saturated rings. The molecule has 1 aromatic carbocycles. The molecular formula is C30H34F4N6O3. The summed E-state index contributed by atoms with van der Waals surface area (Å²) in [5.41, 5.74) is -2.07. The number of rotatable bonds is 5. The molecule has 0 aliphatic carbocycles. The van der Waals surface area contributed by atoms with Crippen LogP contribution in [0, 0.1) is 5.82 Å². The SMILES string of the molecule is CC1CN(c2ccc(-c3cc(NC(=O)c4c[nH]c(=O)cc4C(F)(F)F)c(N4CCN(C)C(C)C4)cc3F)cn2)CC(C)O1. The van der Waals surface area contributed by atoms with Crippen LogP contribution in [0.4, 0.5) is 34.8 Å². The number of morpholine rings is 1. The van der Waals surface area contributed by atoms with Crippen LogP contribution in [0.3, 0.4) is 0 Å². The monoisotopic (exact) mass is 602 g/mol. The van der Waals surface area contributed by atoms with Crippen LogP contribution in [0.15, 0.2) is 47.5 Å². The number of pyridine rings is 2. The number of anilines is 3. The first-order valence-corrected chi connectivity index (χ1v) is 14.1. The predicted octanol–water partition coefficient (Wildman–Crippen LogP) is 4.60. The Labute approximate surface area is 246 Å². The van der Waals surface area contributed by atoms with Gasteiger partial charge in [0.1, 0.15) is 11.6 Å². The van der Waals surface area contributed by atoms with Gasteiger partial charge in [0.2, 0.25) is 5.56 Å². The van der Waals surface area contributed by atoms with Crippen LogP contribution in [-0.4, -0.2) is 78.8 Å². The highest BCUT2D eigenvalue weighted by atomic mass is 19.4. The molecule has 0 bridgehead atoms. The highest BCUT2D eigenvalue weighted by Gasteiger charge is 2.36. The summed E-state index contributed by atoms with van der Waals surface area (Å²) in [5, 5.41) is 2.57. The van der Waals surface area contributed by atoms with Gasteiger partial charge in [-0.3, -0.25) is 9.59 Å². The van der Waals surface area contributed by atoms with Crippen LogP contribution in [0.2, 0.25) is 0 Å². The molecule has 2 saturated heterocycles. The van der Waals surface area contributed by atoms with E-state index < -0.39 is 34.6 Å². The Hall–Kier alpha value is -3.97. The van der Waals surface area contributed by atoms with E-state index >= 15 is 4.39 Å². The summed E-state index contributed by atoms with van der Waals surface area (Å²) < 4.78 is 62.7. The van der Waals surface area contributed by atoms with Crippen LogP contribution < -0.4 is 20.7 Å². The minimum atomic E-state index is -4.94. The van der Waals surface area contributed by atoms with Crippen molar-refractivity contribution in [3.63, 3.8) is 0 Å². The molecule has 3 unspecified atom stereocenters. The van der Waals surface area contributed by atoms with Gasteiger partial charge < -0.3 is 29.7 Å². The zero-order valence-corrected chi connectivity index (χ0v) is 24.3. The number of nitrogens with zero attached hydrogens (tertiary/aromatic N) is 4. The van der Waals surface area contributed by atoms with Crippen molar-refractivity contribution in [2.45, 2.75) is 45.2 Å². The number of carbonyl (C=O) groups excluding carboxylic acids is 1. The first kappa shape index (κ1) is 30.5. The largest absolute Gasteiger partial charge is 0.417 e. The molecule has 2 N–H and O–H groups in total. The van der Waals surface area contributed by atoms with E-state index in [0.717, 1.165) is 6.20 Å². The molecule has 0 spiro atoms. The molecule has 3 atom stereocenters. The normalized spacial score (nSPS) is 21.6. The van der Waals surface area contributed by atoms with E-state index in [0.29, 0.717) is 55.9 Å². The van der Waals surface area contributed by atoms with E-state index in [1.807, 2.05) is 32.7 Å². The van der Waals surface area contributed by atoms with E-state index in [2.05, 4.69) is 25.1 Å². The van der Waals surface area contributed by atoms with Crippen molar-refractivity contribution in [1.29, 1.82) is 0 Å². The predicted molar refractivity (Wildman–Crippen MR) is 156 cm³/mol. The zero-order chi connectivity index (χ0) is 31.1. The fraction of sp³-hybridized carbons (Fsp3) is 0.433. The molecule has 0 saturated carbocycles. The summed E-state index contributed by atoms with van der Waals surface area (Å²) in [7, 11) is 1.97. The Balaban J connectivity index is 1.52. The second-order valence-electron chi connectivity index (χ2n) is 11.3. The molecule has 4 heterocycles. The number of aromatic nitrogens is 2. The third-order valence-corrected chi connectivity index (χ3v) is 7.91. The summed E-state index contributed by atoms with van der Waals surface area (Å²) in [4.78, 5) is 37.7. The second kappa shape index (κ2) is 12.0. The Kier molecular flexibility index (Phi) is 8.48. The lowest BCUT2D eigenvalue weighted by Crippen LogP contribution is -2.50. The Bertz CT molecular complexity index is 1530. The molecule has 2 aliphatic rings. The average molecular weight is 603 g/mol. The average Bonchev–Trinajstić information content (AvgIpc) is 2.94. The molecule has 1 amide bonds. The second-order valence-corrected chi connectivity index (χ2v) is 11.3. The number of H-pyrrole nitrogens is 1. The number of amides is 1. The topological polar surface area (TPSA) is 93.8 Å². The standard InChI is InChI=1S/C30H34F4N6O3/c1-17-14-39(8-7-38(17)4)26-11-24(31)21(20-5-6-27(35-12-20)40-15-18(2)43-19(3)16-40)9-25(26)37-29(42)22-13-36-28(41)10-23(22)30(32,33)34/h5-6,9-13,17-19H,7-8,14-16H2,1-4H3,(H,36,41)(H,37,42). The number of hydrogen-bond acceptors (Lipinski definition) is 7. The van der Waals surface area contributed by atoms with Gasteiger partial charge in [-0.25, -0.2) is 9.37 Å². The van der Waals surface area contributed by atoms with Gasteiger partial charge in [-0.2, -0.15) is 13.2 Å². The Morgan fingerprint density at radius 2 is 1.77 bits per heavy atom. The number of piperazine rings is 1. The molecule has 13 heteroatoms. The van der Waals surface area contributed by atoms with Gasteiger partial charge >= 0.3 is 6.18 Å². The third-order valence-electron chi connectivity index (χ3n) is 7.91. The summed E-state index contributed by atoms with van der Waals surface area (Å²) in [6.07, 6.45) is -2.61. The first-order valence-electron chi connectivity index (χ1n) is 14.1. The summed E-state index contributed by atoms with van der Waals surface area (Å²) >= 11 is 0. The molecule has 2 aromatic heterocycles. The molecular weight excluding hydrogens is 568 g/mol. The molecule has 230 valence electrons. The summed E-state index contributed by atoms with van der Waals surface area (Å²) in [5.74, 6) is -0.947. The highest BCUT2D eigenvalue weighted by Crippen LogP contribution is 2.37. The molecule has 9 nitrogen and oxygen atoms in total. The molecule has 5 rings (SSSR count). The smallest absolute Gasteiger partial charge is 0.372 e. The third kappa shape index (κ3) is 6.67. The zero-order valence-electron chi connectivity index (χ0n) is 24.3. The number of alkyl halides is 3. The lowest BCUT2D eigenvalue weighted by atomic mass is 10.0. The maximum absolute atomic E-state index is 15.7. The van der Waals surface area contributed by atoms with E-state index in [9.17, 15) is 22.8 Å². The number of likely N-dealkylation sites (N-methyl/N-ethyl adjacent to an activating group) is 1. The first-order chi connectivity index (χ1) is 20.3. The van der Waals surface area contributed by atoms with Gasteiger partial charge in [0.25, 0.3) is 5.91 Å². The van der Waals surface area contributed by atoms with E-state index in [1.54, 1.807) is 12.1 Å². The number of aromatic amines is 1. The van der Waals surface area contributed by atoms with Gasteiger partial charge in [0.05, 0.1) is 34.7 Å². The number of hydrogen-bond donors (Lipinski definition) is 2. The van der Waals surface area contributed by atoms with Crippen molar-refractivity contribution in [2.24, 2.45) is 0 Å². The Morgan fingerprint density at radius 3 is 2.40 bits per heavy atom. The van der Waals surface area contributed by atoms with E-state index in [1.165, 1.54) is 18.3 Å². The van der Waals surface area contributed by atoms with Crippen molar-refractivity contribution in [3.8, 4) is 11.1 Å². The van der Waals surface area contributed by atoms with E-state index in [4.69, 9.17) is 4.74 Å². The maximum Gasteiger partial charge on any atom is 0.417 e. The van der Waals surface area contributed by atoms with Crippen LogP contribution in [0.25, 0.3) is 11.1 Å². The van der Waals surface area contributed by atoms with Gasteiger partial charge in [-0.15, -0.1) is 0 Å². The fourth-order valence-corrected chi connectivity index (χ4v) is 5.59. The fourth-order valence-electron chi connectivity index (χ4n) is 5.59. The number of carbonyl (C=O) groups is 1. The lowest BCUT2D eigenvalue weighted by molar-refractivity contribution is -0.138. The van der Waals surface area contributed by atoms with Gasteiger partial charge in [-0.1, -0.05) is 0 Å². The van der Waals surface area contributed by atoms with Crippen molar-refractivity contribution in [3.05, 3.63) is 70.0 Å². The molecule has 2 aliphatic heterocycles. The minimum absolute atomic E-state index is 0.0268. The molecule has 0 radical (unpaired) electrons. The number of ether oxygens (including phenoxy) is 1. The van der Waals surface area contributed by atoms with Crippen LogP contribution in [0.5, 0.6) is 0 Å². The van der Waals surface area contributed by atoms with Crippen molar-refractivity contribution in [1.82, 2.24) is 14.9 Å². The number of halogens is 4.